The molecule has 0 spiro atoms. The topological polar surface area (TPSA) is 12.9 Å². The second-order valence-electron chi connectivity index (χ2n) is 1.43. The Morgan fingerprint density at radius 3 is 2.62 bits per heavy atom. The third-order valence-electron chi connectivity index (χ3n) is 0.748. The molecule has 1 aromatic rings. The number of hydrogen-bond donors (Lipinski definition) is 0. The molecule has 1 radical (unpaired) electrons. The van der Waals surface area contributed by atoms with E-state index in [0.717, 1.165) is 5.56 Å². The normalized spacial score (nSPS) is 7.62. The van der Waals surface area contributed by atoms with Crippen molar-refractivity contribution in [1.29, 1.82) is 0 Å². The van der Waals surface area contributed by atoms with Gasteiger partial charge in [0.2, 0.25) is 0 Å². The van der Waals surface area contributed by atoms with Crippen molar-refractivity contribution < 1.29 is 18.6 Å². The van der Waals surface area contributed by atoms with Gasteiger partial charge in [-0.05, 0) is 0 Å². The SMILES string of the molecule is Cc1[c-]nccc1.[V+2]. The number of rotatable bonds is 0. The van der Waals surface area contributed by atoms with Gasteiger partial charge in [-0.1, -0.05) is 19.3 Å². The van der Waals surface area contributed by atoms with E-state index in [1.807, 2.05) is 19.1 Å². The fourth-order valence-corrected chi connectivity index (χ4v) is 0.407. The Balaban J connectivity index is 0.000000490. The van der Waals surface area contributed by atoms with Gasteiger partial charge in [0.15, 0.2) is 0 Å². The van der Waals surface area contributed by atoms with E-state index < -0.39 is 0 Å². The van der Waals surface area contributed by atoms with Crippen LogP contribution >= 0.6 is 0 Å². The Bertz CT molecular complexity index is 138. The van der Waals surface area contributed by atoms with Crippen LogP contribution < -0.4 is 0 Å². The average Bonchev–Trinajstić information content (AvgIpc) is 1.69. The third-order valence-corrected chi connectivity index (χ3v) is 0.748. The number of pyridine rings is 1. The van der Waals surface area contributed by atoms with Gasteiger partial charge in [0.05, 0.1) is 0 Å². The van der Waals surface area contributed by atoms with Crippen LogP contribution in [0.5, 0.6) is 0 Å². The first-order valence-corrected chi connectivity index (χ1v) is 2.19. The molecule has 0 fully saturated rings. The van der Waals surface area contributed by atoms with Crippen molar-refractivity contribution in [1.82, 2.24) is 4.98 Å². The minimum absolute atomic E-state index is 0. The predicted octanol–water partition coefficient (Wildman–Crippen LogP) is 1.19. The maximum atomic E-state index is 3.76. The molecule has 8 heavy (non-hydrogen) atoms. The Labute approximate surface area is 61.0 Å². The van der Waals surface area contributed by atoms with Gasteiger partial charge in [0, 0.05) is 0 Å². The van der Waals surface area contributed by atoms with Crippen LogP contribution in [0, 0.1) is 13.1 Å². The van der Waals surface area contributed by atoms with Gasteiger partial charge in [-0.2, -0.15) is 12.1 Å². The summed E-state index contributed by atoms with van der Waals surface area (Å²) < 4.78 is 0. The van der Waals surface area contributed by atoms with Gasteiger partial charge in [-0.15, -0.1) is 5.56 Å². The van der Waals surface area contributed by atoms with Gasteiger partial charge < -0.3 is 4.98 Å². The van der Waals surface area contributed by atoms with Crippen LogP contribution in [0.2, 0.25) is 0 Å². The van der Waals surface area contributed by atoms with Crippen LogP contribution in [0.15, 0.2) is 18.3 Å². The van der Waals surface area contributed by atoms with E-state index in [-0.39, 0.29) is 18.6 Å². The van der Waals surface area contributed by atoms with Crippen molar-refractivity contribution >= 4 is 0 Å². The number of nitrogens with zero attached hydrogens (tertiary/aromatic N) is 1. The summed E-state index contributed by atoms with van der Waals surface area (Å²) >= 11 is 0. The molecule has 1 aromatic heterocycles. The monoisotopic (exact) mass is 143 g/mol. The summed E-state index contributed by atoms with van der Waals surface area (Å²) in [5.74, 6) is 0. The molecule has 0 atom stereocenters. The van der Waals surface area contributed by atoms with Crippen LogP contribution in [0.25, 0.3) is 0 Å². The molecule has 0 aliphatic heterocycles. The van der Waals surface area contributed by atoms with Crippen molar-refractivity contribution in [3.63, 3.8) is 0 Å². The molecule has 0 aliphatic rings. The van der Waals surface area contributed by atoms with Gasteiger partial charge in [-0.3, -0.25) is 0 Å². The van der Waals surface area contributed by atoms with Crippen molar-refractivity contribution in [3.8, 4) is 0 Å². The average molecular weight is 143 g/mol. The first kappa shape index (κ1) is 7.73. The summed E-state index contributed by atoms with van der Waals surface area (Å²) in [4.78, 5) is 3.76. The van der Waals surface area contributed by atoms with Crippen LogP contribution in [0.1, 0.15) is 5.56 Å². The van der Waals surface area contributed by atoms with Crippen molar-refractivity contribution in [3.05, 3.63) is 30.1 Å². The minimum Gasteiger partial charge on any atom is -0.394 e. The molecule has 1 heterocycles. The predicted molar refractivity (Wildman–Crippen MR) is 27.8 cm³/mol. The van der Waals surface area contributed by atoms with Crippen molar-refractivity contribution in [2.45, 2.75) is 6.92 Å². The zero-order valence-corrected chi connectivity index (χ0v) is 6.02. The van der Waals surface area contributed by atoms with Crippen molar-refractivity contribution in [2.75, 3.05) is 0 Å². The van der Waals surface area contributed by atoms with Crippen molar-refractivity contribution in [2.24, 2.45) is 0 Å². The standard InChI is InChI=1S/C6H6N.V/c1-6-3-2-4-7-5-6;/h2-4H,1H3;/q-1;+2. The summed E-state index contributed by atoms with van der Waals surface area (Å²) in [6.45, 7) is 1.97. The smallest absolute Gasteiger partial charge is 0.394 e. The van der Waals surface area contributed by atoms with Crippen LogP contribution in [0.4, 0.5) is 0 Å². The molecule has 1 rings (SSSR count). The van der Waals surface area contributed by atoms with Gasteiger partial charge in [0.1, 0.15) is 0 Å². The molecular formula is C6H6NV+. The summed E-state index contributed by atoms with van der Waals surface area (Å²) in [7, 11) is 0. The summed E-state index contributed by atoms with van der Waals surface area (Å²) in [6, 6.07) is 3.86. The Morgan fingerprint density at radius 2 is 2.38 bits per heavy atom. The molecule has 0 saturated heterocycles. The van der Waals surface area contributed by atoms with E-state index in [2.05, 4.69) is 11.2 Å². The fourth-order valence-electron chi connectivity index (χ4n) is 0.407. The van der Waals surface area contributed by atoms with E-state index >= 15 is 0 Å². The third kappa shape index (κ3) is 2.15. The number of aromatic nitrogens is 1. The molecule has 0 saturated carbocycles. The fraction of sp³-hybridized carbons (Fsp3) is 0.167. The minimum atomic E-state index is 0. The van der Waals surface area contributed by atoms with E-state index in [4.69, 9.17) is 0 Å². The summed E-state index contributed by atoms with van der Waals surface area (Å²) in [5, 5.41) is 0. The largest absolute Gasteiger partial charge is 2.00 e. The van der Waals surface area contributed by atoms with Gasteiger partial charge >= 0.3 is 18.6 Å². The first-order valence-electron chi connectivity index (χ1n) is 2.19. The molecule has 1 nitrogen and oxygen atoms in total. The Hall–Kier alpha value is -0.266. The zero-order valence-electron chi connectivity index (χ0n) is 4.63. The molecule has 0 amide bonds. The van der Waals surface area contributed by atoms with Crippen LogP contribution in [-0.2, 0) is 18.6 Å². The molecule has 0 unspecified atom stereocenters. The molecule has 0 bridgehead atoms. The van der Waals surface area contributed by atoms with E-state index in [9.17, 15) is 0 Å². The van der Waals surface area contributed by atoms with E-state index in [1.54, 1.807) is 6.20 Å². The number of aryl methyl sites for hydroxylation is 1. The molecule has 0 N–H and O–H groups in total. The number of hydrogen-bond acceptors (Lipinski definition) is 1. The Morgan fingerprint density at radius 1 is 1.62 bits per heavy atom. The maximum absolute atomic E-state index is 3.76. The first-order chi connectivity index (χ1) is 3.39. The molecule has 0 aliphatic carbocycles. The van der Waals surface area contributed by atoms with Gasteiger partial charge in [-0.25, -0.2) is 0 Å². The van der Waals surface area contributed by atoms with Crippen LogP contribution in [0.3, 0.4) is 0 Å². The second kappa shape index (κ2) is 3.70. The Kier molecular flexibility index (Phi) is 3.58. The maximum Gasteiger partial charge on any atom is 2.00 e. The van der Waals surface area contributed by atoms with Crippen LogP contribution in [-0.4, -0.2) is 4.98 Å². The zero-order chi connectivity index (χ0) is 5.11. The second-order valence-corrected chi connectivity index (χ2v) is 1.43. The van der Waals surface area contributed by atoms with E-state index in [1.165, 1.54) is 0 Å². The van der Waals surface area contributed by atoms with E-state index in [0.29, 0.717) is 0 Å². The summed E-state index contributed by atoms with van der Waals surface area (Å²) in [6.07, 6.45) is 4.50. The molecule has 0 aromatic carbocycles. The quantitative estimate of drug-likeness (QED) is 0.497. The molecule has 2 heteroatoms. The summed E-state index contributed by atoms with van der Waals surface area (Å²) in [5.41, 5.74) is 1.09. The molecule has 39 valence electrons. The molecular weight excluding hydrogens is 137 g/mol. The van der Waals surface area contributed by atoms with Gasteiger partial charge in [0.25, 0.3) is 0 Å².